The molecular formula is C18H15N3O2. The van der Waals surface area contributed by atoms with Crippen LogP contribution in [0.25, 0.3) is 11.3 Å². The molecule has 3 rings (SSSR count). The van der Waals surface area contributed by atoms with Crippen LogP contribution in [0.1, 0.15) is 10.4 Å². The number of carbonyl (C=O) groups is 1. The highest BCUT2D eigenvalue weighted by atomic mass is 16.5. The summed E-state index contributed by atoms with van der Waals surface area (Å²) in [6.45, 7) is 0. The van der Waals surface area contributed by atoms with E-state index in [0.29, 0.717) is 11.3 Å². The number of rotatable bonds is 4. The second kappa shape index (κ2) is 6.70. The van der Waals surface area contributed by atoms with E-state index in [-0.39, 0.29) is 5.91 Å². The summed E-state index contributed by atoms with van der Waals surface area (Å²) in [6.07, 6.45) is 4.80. The minimum Gasteiger partial charge on any atom is -0.497 e. The van der Waals surface area contributed by atoms with E-state index in [9.17, 15) is 4.79 Å². The molecule has 5 heteroatoms. The Morgan fingerprint density at radius 3 is 2.70 bits per heavy atom. The van der Waals surface area contributed by atoms with Crippen LogP contribution in [0.3, 0.4) is 0 Å². The molecule has 5 nitrogen and oxygen atoms in total. The van der Waals surface area contributed by atoms with Gasteiger partial charge >= 0.3 is 0 Å². The molecule has 0 spiro atoms. The average Bonchev–Trinajstić information content (AvgIpc) is 2.63. The van der Waals surface area contributed by atoms with Gasteiger partial charge in [0.25, 0.3) is 5.91 Å². The number of aromatic nitrogens is 2. The Morgan fingerprint density at radius 2 is 2.00 bits per heavy atom. The number of nitrogens with one attached hydrogen (secondary N) is 1. The van der Waals surface area contributed by atoms with Gasteiger partial charge in [0.05, 0.1) is 30.3 Å². The van der Waals surface area contributed by atoms with Crippen molar-refractivity contribution in [3.8, 4) is 17.0 Å². The Bertz CT molecular complexity index is 802. The number of methoxy groups -OCH3 is 1. The molecule has 1 N–H and O–H groups in total. The fraction of sp³-hybridized carbons (Fsp3) is 0.0556. The highest BCUT2D eigenvalue weighted by Crippen LogP contribution is 2.22. The van der Waals surface area contributed by atoms with E-state index in [1.165, 1.54) is 0 Å². The summed E-state index contributed by atoms with van der Waals surface area (Å²) in [5, 5.41) is 2.77. The van der Waals surface area contributed by atoms with E-state index in [0.717, 1.165) is 17.0 Å². The van der Waals surface area contributed by atoms with E-state index in [1.54, 1.807) is 43.9 Å². The van der Waals surface area contributed by atoms with Gasteiger partial charge in [0, 0.05) is 18.0 Å². The minimum absolute atomic E-state index is 0.220. The van der Waals surface area contributed by atoms with Gasteiger partial charge in [-0.3, -0.25) is 14.8 Å². The molecule has 0 atom stereocenters. The third kappa shape index (κ3) is 3.52. The van der Waals surface area contributed by atoms with Gasteiger partial charge in [0.1, 0.15) is 5.75 Å². The van der Waals surface area contributed by atoms with E-state index in [2.05, 4.69) is 15.3 Å². The zero-order valence-electron chi connectivity index (χ0n) is 12.6. The first kappa shape index (κ1) is 14.7. The van der Waals surface area contributed by atoms with Crippen molar-refractivity contribution in [3.63, 3.8) is 0 Å². The molecule has 0 saturated heterocycles. The van der Waals surface area contributed by atoms with Crippen LogP contribution in [0.2, 0.25) is 0 Å². The summed E-state index contributed by atoms with van der Waals surface area (Å²) in [4.78, 5) is 20.5. The summed E-state index contributed by atoms with van der Waals surface area (Å²) in [5.41, 5.74) is 2.85. The Labute approximate surface area is 134 Å². The smallest absolute Gasteiger partial charge is 0.257 e. The standard InChI is InChI=1S/C18H15N3O2/c1-23-16-6-2-4-13(10-16)17-8-7-14(11-20-17)18(22)21-15-5-3-9-19-12-15/h2-12H,1H3,(H,21,22). The summed E-state index contributed by atoms with van der Waals surface area (Å²) in [6, 6.07) is 14.7. The molecule has 3 aromatic rings. The largest absolute Gasteiger partial charge is 0.497 e. The van der Waals surface area contributed by atoms with Gasteiger partial charge in [-0.05, 0) is 36.4 Å². The number of anilines is 1. The number of ether oxygens (including phenoxy) is 1. The maximum Gasteiger partial charge on any atom is 0.257 e. The lowest BCUT2D eigenvalue weighted by Crippen LogP contribution is -2.12. The molecular weight excluding hydrogens is 290 g/mol. The molecule has 0 aliphatic rings. The zero-order valence-corrected chi connectivity index (χ0v) is 12.6. The van der Waals surface area contributed by atoms with Crippen molar-refractivity contribution in [1.82, 2.24) is 9.97 Å². The summed E-state index contributed by atoms with van der Waals surface area (Å²) in [5.74, 6) is 0.547. The van der Waals surface area contributed by atoms with E-state index in [1.807, 2.05) is 30.3 Å². The molecule has 0 aliphatic carbocycles. The van der Waals surface area contributed by atoms with Crippen molar-refractivity contribution < 1.29 is 9.53 Å². The fourth-order valence-corrected chi connectivity index (χ4v) is 2.12. The minimum atomic E-state index is -0.220. The first-order chi connectivity index (χ1) is 11.3. The normalized spacial score (nSPS) is 10.1. The van der Waals surface area contributed by atoms with Crippen LogP contribution in [0.5, 0.6) is 5.75 Å². The van der Waals surface area contributed by atoms with Crippen LogP contribution in [0.15, 0.2) is 67.1 Å². The maximum absolute atomic E-state index is 12.2. The molecule has 1 amide bonds. The van der Waals surface area contributed by atoms with Gasteiger partial charge in [-0.25, -0.2) is 0 Å². The second-order valence-electron chi connectivity index (χ2n) is 4.86. The lowest BCUT2D eigenvalue weighted by Gasteiger charge is -2.06. The topological polar surface area (TPSA) is 64.1 Å². The van der Waals surface area contributed by atoms with Crippen molar-refractivity contribution in [2.45, 2.75) is 0 Å². The predicted octanol–water partition coefficient (Wildman–Crippen LogP) is 3.40. The molecule has 2 heterocycles. The van der Waals surface area contributed by atoms with Crippen molar-refractivity contribution in [1.29, 1.82) is 0 Å². The predicted molar refractivity (Wildman–Crippen MR) is 88.4 cm³/mol. The number of nitrogens with zero attached hydrogens (tertiary/aromatic N) is 2. The quantitative estimate of drug-likeness (QED) is 0.802. The van der Waals surface area contributed by atoms with Gasteiger partial charge in [0.15, 0.2) is 0 Å². The Hall–Kier alpha value is -3.21. The van der Waals surface area contributed by atoms with Gasteiger partial charge in [-0.1, -0.05) is 12.1 Å². The molecule has 0 saturated carbocycles. The highest BCUT2D eigenvalue weighted by molar-refractivity contribution is 6.04. The van der Waals surface area contributed by atoms with Gasteiger partial charge in [0.2, 0.25) is 0 Å². The Kier molecular flexibility index (Phi) is 4.29. The first-order valence-corrected chi connectivity index (χ1v) is 7.08. The Morgan fingerprint density at radius 1 is 1.09 bits per heavy atom. The summed E-state index contributed by atoms with van der Waals surface area (Å²) >= 11 is 0. The third-order valence-electron chi connectivity index (χ3n) is 3.31. The molecule has 114 valence electrons. The van der Waals surface area contributed by atoms with Crippen LogP contribution < -0.4 is 10.1 Å². The van der Waals surface area contributed by atoms with E-state index in [4.69, 9.17) is 4.74 Å². The number of hydrogen-bond acceptors (Lipinski definition) is 4. The molecule has 0 aliphatic heterocycles. The molecule has 0 fully saturated rings. The van der Waals surface area contributed by atoms with Crippen LogP contribution in [0, 0.1) is 0 Å². The number of carbonyl (C=O) groups excluding carboxylic acids is 1. The monoisotopic (exact) mass is 305 g/mol. The van der Waals surface area contributed by atoms with Crippen LogP contribution >= 0.6 is 0 Å². The first-order valence-electron chi connectivity index (χ1n) is 7.08. The van der Waals surface area contributed by atoms with Gasteiger partial charge in [-0.2, -0.15) is 0 Å². The van der Waals surface area contributed by atoms with Crippen LogP contribution in [-0.4, -0.2) is 23.0 Å². The SMILES string of the molecule is COc1cccc(-c2ccc(C(=O)Nc3cccnc3)cn2)c1. The van der Waals surface area contributed by atoms with Crippen molar-refractivity contribution in [2.24, 2.45) is 0 Å². The number of hydrogen-bond donors (Lipinski definition) is 1. The molecule has 23 heavy (non-hydrogen) atoms. The number of pyridine rings is 2. The molecule has 0 radical (unpaired) electrons. The molecule has 1 aromatic carbocycles. The molecule has 0 unspecified atom stereocenters. The Balaban J connectivity index is 1.77. The van der Waals surface area contributed by atoms with Gasteiger partial charge < -0.3 is 10.1 Å². The third-order valence-corrected chi connectivity index (χ3v) is 3.31. The second-order valence-corrected chi connectivity index (χ2v) is 4.86. The zero-order chi connectivity index (χ0) is 16.1. The van der Waals surface area contributed by atoms with Crippen molar-refractivity contribution in [3.05, 3.63) is 72.7 Å². The van der Waals surface area contributed by atoms with Crippen LogP contribution in [0.4, 0.5) is 5.69 Å². The summed E-state index contributed by atoms with van der Waals surface area (Å²) < 4.78 is 5.21. The van der Waals surface area contributed by atoms with Gasteiger partial charge in [-0.15, -0.1) is 0 Å². The summed E-state index contributed by atoms with van der Waals surface area (Å²) in [7, 11) is 1.62. The number of benzene rings is 1. The highest BCUT2D eigenvalue weighted by Gasteiger charge is 2.08. The van der Waals surface area contributed by atoms with Crippen molar-refractivity contribution in [2.75, 3.05) is 12.4 Å². The lowest BCUT2D eigenvalue weighted by atomic mass is 10.1. The number of amides is 1. The molecule has 0 bridgehead atoms. The van der Waals surface area contributed by atoms with E-state index < -0.39 is 0 Å². The maximum atomic E-state index is 12.2. The van der Waals surface area contributed by atoms with Crippen LogP contribution in [-0.2, 0) is 0 Å². The van der Waals surface area contributed by atoms with Crippen molar-refractivity contribution >= 4 is 11.6 Å². The lowest BCUT2D eigenvalue weighted by molar-refractivity contribution is 0.102. The van der Waals surface area contributed by atoms with E-state index >= 15 is 0 Å². The fourth-order valence-electron chi connectivity index (χ4n) is 2.12. The molecule has 2 aromatic heterocycles. The average molecular weight is 305 g/mol.